The van der Waals surface area contributed by atoms with Gasteiger partial charge in [-0.15, -0.1) is 17.9 Å². The van der Waals surface area contributed by atoms with Gasteiger partial charge in [-0.1, -0.05) is 18.2 Å². The van der Waals surface area contributed by atoms with Gasteiger partial charge in [0.1, 0.15) is 23.3 Å². The molecule has 5 atom stereocenters. The first-order valence-electron chi connectivity index (χ1n) is 11.9. The topological polar surface area (TPSA) is 216 Å². The number of nitrogens with zero attached hydrogens (tertiary/aromatic N) is 5. The molecule has 214 valence electrons. The van der Waals surface area contributed by atoms with E-state index in [-0.39, 0.29) is 39.9 Å². The normalized spacial score (nSPS) is 23.8. The molecule has 6 N–H and O–H groups in total. The summed E-state index contributed by atoms with van der Waals surface area (Å²) in [6.07, 6.45) is -2.21. The number of aliphatic hydroxyl groups is 2. The van der Waals surface area contributed by atoms with Crippen molar-refractivity contribution in [2.24, 2.45) is 0 Å². The van der Waals surface area contributed by atoms with Crippen molar-refractivity contribution in [1.82, 2.24) is 24.5 Å². The van der Waals surface area contributed by atoms with Crippen LogP contribution < -0.4 is 5.73 Å². The second-order valence-corrected chi connectivity index (χ2v) is 10.3. The Morgan fingerprint density at radius 2 is 2.10 bits per heavy atom. The number of hydrogen-bond donors (Lipinski definition) is 5. The van der Waals surface area contributed by atoms with Gasteiger partial charge in [0, 0.05) is 11.8 Å². The Morgan fingerprint density at radius 1 is 1.32 bits per heavy atom. The summed E-state index contributed by atoms with van der Waals surface area (Å²) in [6, 6.07) is 5.77. The Morgan fingerprint density at radius 3 is 2.76 bits per heavy atom. The number of thiazole rings is 1. The van der Waals surface area contributed by atoms with Gasteiger partial charge in [-0.3, -0.25) is 4.57 Å². The number of aliphatic carboxylic acids is 1. The van der Waals surface area contributed by atoms with E-state index in [4.69, 9.17) is 26.8 Å². The number of carbonyl (C=O) groups is 2. The number of aliphatic hydroxyl groups excluding tert-OH is 1. The Kier molecular flexibility index (Phi) is 7.50. The highest BCUT2D eigenvalue weighted by molar-refractivity contribution is 7.07. The van der Waals surface area contributed by atoms with E-state index in [1.165, 1.54) is 40.0 Å². The summed E-state index contributed by atoms with van der Waals surface area (Å²) in [4.78, 5) is 40.5. The number of halogens is 1. The zero-order chi connectivity index (χ0) is 29.5. The van der Waals surface area contributed by atoms with Crippen LogP contribution in [0.5, 0.6) is 0 Å². The van der Waals surface area contributed by atoms with Gasteiger partial charge < -0.3 is 35.6 Å². The molecule has 1 fully saturated rings. The molecular weight excluding hydrogens is 580 g/mol. The smallest absolute Gasteiger partial charge is 0.342 e. The Labute approximate surface area is 240 Å². The van der Waals surface area contributed by atoms with Crippen molar-refractivity contribution < 1.29 is 39.5 Å². The highest BCUT2D eigenvalue weighted by atomic mass is 35.5. The molecule has 1 unspecified atom stereocenters. The molecule has 0 aliphatic carbocycles. The minimum atomic E-state index is -2.11. The first-order valence-corrected chi connectivity index (χ1v) is 13.3. The molecule has 1 aliphatic heterocycles. The average Bonchev–Trinajstić information content (AvgIpc) is 3.67. The van der Waals surface area contributed by atoms with E-state index in [1.54, 1.807) is 6.07 Å². The number of nitrogens with two attached hydrogens (primary N) is 1. The molecule has 4 heterocycles. The lowest BCUT2D eigenvalue weighted by Gasteiger charge is -2.32. The number of hydrogen-bond acceptors (Lipinski definition) is 12. The van der Waals surface area contributed by atoms with Crippen molar-refractivity contribution in [1.29, 1.82) is 0 Å². The van der Waals surface area contributed by atoms with E-state index in [2.05, 4.69) is 26.5 Å². The lowest BCUT2D eigenvalue weighted by molar-refractivity contribution is -0.179. The number of ether oxygens (including phenoxy) is 2. The predicted octanol–water partition coefficient (Wildman–Crippen LogP) is 1.63. The number of benzene rings is 1. The Balaban J connectivity index is 1.49. The first kappa shape index (κ1) is 28.5. The minimum Gasteiger partial charge on any atom is -0.479 e. The van der Waals surface area contributed by atoms with Gasteiger partial charge in [-0.05, 0) is 29.3 Å². The fraction of sp³-hybridized carbons (Fsp3) is 0.280. The number of rotatable bonds is 10. The third-order valence-electron chi connectivity index (χ3n) is 6.89. The SMILES string of the molecule is C=C[C@@]1(O)[C@@H](COC(Cc2cccc(C(=O)O)c2)(C(=O)O)c2cscn2)O[C@@H](n2cnc3c(N)nc(Cl)nc32)[C@@H]1O. The number of carboxylic acid groups (broad SMARTS) is 2. The van der Waals surface area contributed by atoms with Gasteiger partial charge in [0.15, 0.2) is 17.7 Å². The molecule has 16 heteroatoms. The lowest BCUT2D eigenvalue weighted by atomic mass is 9.89. The van der Waals surface area contributed by atoms with Gasteiger partial charge in [0.25, 0.3) is 0 Å². The Hall–Kier alpha value is -3.99. The molecule has 4 aromatic rings. The highest BCUT2D eigenvalue weighted by Gasteiger charge is 2.56. The molecule has 0 bridgehead atoms. The molecular formula is C25H23ClN6O8S. The van der Waals surface area contributed by atoms with E-state index in [0.717, 1.165) is 17.4 Å². The lowest BCUT2D eigenvalue weighted by Crippen LogP contribution is -2.50. The molecule has 1 saturated heterocycles. The van der Waals surface area contributed by atoms with Gasteiger partial charge in [-0.25, -0.2) is 19.6 Å². The summed E-state index contributed by atoms with van der Waals surface area (Å²) in [6.45, 7) is 3.07. The third kappa shape index (κ3) is 4.92. The van der Waals surface area contributed by atoms with E-state index in [1.807, 2.05) is 0 Å². The van der Waals surface area contributed by atoms with Crippen molar-refractivity contribution >= 4 is 51.9 Å². The summed E-state index contributed by atoms with van der Waals surface area (Å²) in [5.41, 5.74) is 3.76. The summed E-state index contributed by atoms with van der Waals surface area (Å²) < 4.78 is 13.3. The molecule has 0 spiro atoms. The van der Waals surface area contributed by atoms with E-state index < -0.39 is 48.2 Å². The van der Waals surface area contributed by atoms with Crippen molar-refractivity contribution in [2.75, 3.05) is 12.3 Å². The fourth-order valence-corrected chi connectivity index (χ4v) is 5.49. The number of nitrogen functional groups attached to an aromatic ring is 1. The number of aromatic carboxylic acids is 1. The molecule has 0 amide bonds. The van der Waals surface area contributed by atoms with Gasteiger partial charge in [0.2, 0.25) is 10.9 Å². The van der Waals surface area contributed by atoms with Gasteiger partial charge in [0.05, 0.1) is 29.7 Å². The molecule has 0 saturated carbocycles. The number of fused-ring (bicyclic) bond motifs is 1. The zero-order valence-electron chi connectivity index (χ0n) is 21.0. The van der Waals surface area contributed by atoms with Gasteiger partial charge >= 0.3 is 11.9 Å². The van der Waals surface area contributed by atoms with Crippen LogP contribution in [0.4, 0.5) is 5.82 Å². The zero-order valence-corrected chi connectivity index (χ0v) is 22.6. The summed E-state index contributed by atoms with van der Waals surface area (Å²) in [5, 5.41) is 43.7. The van der Waals surface area contributed by atoms with Crippen molar-refractivity contribution in [3.05, 3.63) is 76.2 Å². The van der Waals surface area contributed by atoms with Crippen molar-refractivity contribution in [2.45, 2.75) is 36.1 Å². The summed E-state index contributed by atoms with van der Waals surface area (Å²) >= 11 is 7.09. The van der Waals surface area contributed by atoms with Crippen LogP contribution in [0, 0.1) is 0 Å². The minimum absolute atomic E-state index is 0.00780. The average molecular weight is 603 g/mol. The maximum Gasteiger partial charge on any atom is 0.342 e. The van der Waals surface area contributed by atoms with Crippen LogP contribution in [0.1, 0.15) is 27.8 Å². The molecule has 1 aliphatic rings. The maximum atomic E-state index is 12.8. The second-order valence-electron chi connectivity index (χ2n) is 9.25. The maximum absolute atomic E-state index is 12.8. The molecule has 1 aromatic carbocycles. The van der Waals surface area contributed by atoms with Crippen molar-refractivity contribution in [3.8, 4) is 0 Å². The van der Waals surface area contributed by atoms with E-state index in [9.17, 15) is 30.0 Å². The van der Waals surface area contributed by atoms with E-state index >= 15 is 0 Å². The fourth-order valence-electron chi connectivity index (χ4n) is 4.70. The molecule has 5 rings (SSSR count). The standard InChI is InChI=1S/C25H23ClN6O8S/c1-2-24(38)15(40-20(17(24)33)32-10-28-16-18(27)30-23(26)31-19(16)32)8-39-25(22(36)37,14-9-41-11-29-14)7-12-4-3-5-13(6-12)21(34)35/h2-6,9-11,15,17,20,33,38H,1,7-8H2,(H,34,35)(H,36,37)(H2,27,30,31)/t15-,17+,20-,24-,25?/m1/s1. The number of anilines is 1. The highest BCUT2D eigenvalue weighted by Crippen LogP contribution is 2.41. The monoisotopic (exact) mass is 602 g/mol. The van der Waals surface area contributed by atoms with Crippen LogP contribution in [0.3, 0.4) is 0 Å². The quantitative estimate of drug-likeness (QED) is 0.129. The summed E-state index contributed by atoms with van der Waals surface area (Å²) in [7, 11) is 0. The van der Waals surface area contributed by atoms with E-state index in [0.29, 0.717) is 5.56 Å². The van der Waals surface area contributed by atoms with Crippen LogP contribution in [-0.2, 0) is 26.3 Å². The molecule has 41 heavy (non-hydrogen) atoms. The molecule has 0 radical (unpaired) electrons. The van der Waals surface area contributed by atoms with Crippen molar-refractivity contribution in [3.63, 3.8) is 0 Å². The number of aromatic nitrogens is 5. The third-order valence-corrected chi connectivity index (χ3v) is 7.64. The Bertz CT molecular complexity index is 1630. The van der Waals surface area contributed by atoms with Crippen LogP contribution in [0.25, 0.3) is 11.2 Å². The number of carboxylic acids is 2. The van der Waals surface area contributed by atoms with Gasteiger partial charge in [-0.2, -0.15) is 9.97 Å². The van der Waals surface area contributed by atoms with Crippen LogP contribution in [-0.4, -0.2) is 81.3 Å². The van der Waals surface area contributed by atoms with Crippen LogP contribution >= 0.6 is 22.9 Å². The second kappa shape index (κ2) is 10.8. The first-order chi connectivity index (χ1) is 19.5. The van der Waals surface area contributed by atoms with Crippen LogP contribution in [0.2, 0.25) is 5.28 Å². The molecule has 14 nitrogen and oxygen atoms in total. The largest absolute Gasteiger partial charge is 0.479 e. The number of imidazole rings is 1. The molecule has 3 aromatic heterocycles. The van der Waals surface area contributed by atoms with Crippen LogP contribution in [0.15, 0.2) is 54.1 Å². The predicted molar refractivity (Wildman–Crippen MR) is 144 cm³/mol. The summed E-state index contributed by atoms with van der Waals surface area (Å²) in [5.74, 6) is -2.60.